The number of rotatable bonds is 5. The van der Waals surface area contributed by atoms with Gasteiger partial charge in [0.2, 0.25) is 5.91 Å². The lowest BCUT2D eigenvalue weighted by atomic mass is 10.2. The molecule has 2 N–H and O–H groups in total. The molecule has 1 saturated heterocycles. The van der Waals surface area contributed by atoms with E-state index < -0.39 is 11.6 Å². The standard InChI is InChI=1S/C18H19F2N3O2/c19-14-6-5-13(11-15(14)20)22-18(24)12-21-16-3-1-2-4-17(16)23-7-9-25-10-8-23/h1-6,11,21H,7-10,12H2,(H,22,24). The molecule has 0 atom stereocenters. The molecule has 3 rings (SSSR count). The fraction of sp³-hybridized carbons (Fsp3) is 0.278. The molecule has 0 aliphatic carbocycles. The summed E-state index contributed by atoms with van der Waals surface area (Å²) in [6.45, 7) is 2.94. The van der Waals surface area contributed by atoms with Crippen LogP contribution in [0.1, 0.15) is 0 Å². The maximum Gasteiger partial charge on any atom is 0.243 e. The topological polar surface area (TPSA) is 53.6 Å². The molecule has 25 heavy (non-hydrogen) atoms. The molecule has 0 radical (unpaired) electrons. The van der Waals surface area contributed by atoms with Crippen LogP contribution in [0.4, 0.5) is 25.8 Å². The molecule has 1 amide bonds. The van der Waals surface area contributed by atoms with Crippen molar-refractivity contribution in [1.82, 2.24) is 0 Å². The molecule has 5 nitrogen and oxygen atoms in total. The van der Waals surface area contributed by atoms with E-state index in [-0.39, 0.29) is 18.1 Å². The number of carbonyl (C=O) groups is 1. The highest BCUT2D eigenvalue weighted by atomic mass is 19.2. The summed E-state index contributed by atoms with van der Waals surface area (Å²) in [6, 6.07) is 11.0. The van der Waals surface area contributed by atoms with Crippen molar-refractivity contribution in [2.45, 2.75) is 0 Å². The monoisotopic (exact) mass is 347 g/mol. The minimum Gasteiger partial charge on any atom is -0.378 e. The van der Waals surface area contributed by atoms with Crippen molar-refractivity contribution in [3.63, 3.8) is 0 Å². The van der Waals surface area contributed by atoms with Gasteiger partial charge < -0.3 is 20.3 Å². The summed E-state index contributed by atoms with van der Waals surface area (Å²) in [5.41, 5.74) is 2.06. The maximum absolute atomic E-state index is 13.2. The van der Waals surface area contributed by atoms with Crippen LogP contribution in [0.3, 0.4) is 0 Å². The highest BCUT2D eigenvalue weighted by Crippen LogP contribution is 2.26. The molecule has 0 spiro atoms. The second kappa shape index (κ2) is 7.94. The molecule has 2 aromatic rings. The van der Waals surface area contributed by atoms with Crippen LogP contribution in [0.2, 0.25) is 0 Å². The van der Waals surface area contributed by atoms with Crippen LogP contribution < -0.4 is 15.5 Å². The molecule has 132 valence electrons. The summed E-state index contributed by atoms with van der Waals surface area (Å²) >= 11 is 0. The number of halogens is 2. The van der Waals surface area contributed by atoms with Gasteiger partial charge in [0.15, 0.2) is 11.6 Å². The van der Waals surface area contributed by atoms with Gasteiger partial charge in [-0.05, 0) is 24.3 Å². The zero-order valence-corrected chi connectivity index (χ0v) is 13.6. The van der Waals surface area contributed by atoms with E-state index in [1.807, 2.05) is 24.3 Å². The van der Waals surface area contributed by atoms with Gasteiger partial charge in [0.1, 0.15) is 0 Å². The largest absolute Gasteiger partial charge is 0.378 e. The molecule has 1 heterocycles. The van der Waals surface area contributed by atoms with Crippen LogP contribution in [-0.4, -0.2) is 38.8 Å². The van der Waals surface area contributed by atoms with Crippen molar-refractivity contribution in [3.05, 3.63) is 54.1 Å². The summed E-state index contributed by atoms with van der Waals surface area (Å²) < 4.78 is 31.5. The van der Waals surface area contributed by atoms with E-state index in [9.17, 15) is 13.6 Å². The Bertz CT molecular complexity index is 749. The number of hydrogen-bond acceptors (Lipinski definition) is 4. The van der Waals surface area contributed by atoms with Crippen molar-refractivity contribution in [2.24, 2.45) is 0 Å². The third kappa shape index (κ3) is 4.45. The average Bonchev–Trinajstić information content (AvgIpc) is 2.64. The zero-order valence-electron chi connectivity index (χ0n) is 13.6. The van der Waals surface area contributed by atoms with Gasteiger partial charge in [0, 0.05) is 24.8 Å². The summed E-state index contributed by atoms with van der Waals surface area (Å²) in [6.07, 6.45) is 0. The van der Waals surface area contributed by atoms with E-state index in [0.717, 1.165) is 36.6 Å². The quantitative estimate of drug-likeness (QED) is 0.873. The first-order valence-corrected chi connectivity index (χ1v) is 8.04. The van der Waals surface area contributed by atoms with Gasteiger partial charge in [-0.1, -0.05) is 12.1 Å². The maximum atomic E-state index is 13.2. The molecular formula is C18H19F2N3O2. The lowest BCUT2D eigenvalue weighted by Crippen LogP contribution is -2.36. The summed E-state index contributed by atoms with van der Waals surface area (Å²) in [7, 11) is 0. The van der Waals surface area contributed by atoms with E-state index in [2.05, 4.69) is 15.5 Å². The number of para-hydroxylation sites is 2. The summed E-state index contributed by atoms with van der Waals surface area (Å²) in [5, 5.41) is 5.63. The van der Waals surface area contributed by atoms with Crippen LogP contribution in [0, 0.1) is 11.6 Å². The van der Waals surface area contributed by atoms with Gasteiger partial charge >= 0.3 is 0 Å². The van der Waals surface area contributed by atoms with Crippen molar-refractivity contribution >= 4 is 23.0 Å². The molecule has 1 aliphatic heterocycles. The number of morpholine rings is 1. The van der Waals surface area contributed by atoms with Gasteiger partial charge in [-0.2, -0.15) is 0 Å². The predicted molar refractivity (Wildman–Crippen MR) is 93.0 cm³/mol. The van der Waals surface area contributed by atoms with Gasteiger partial charge in [0.05, 0.1) is 31.1 Å². The number of carbonyl (C=O) groups excluding carboxylic acids is 1. The Morgan fingerprint density at radius 2 is 1.84 bits per heavy atom. The minimum atomic E-state index is -0.997. The fourth-order valence-corrected chi connectivity index (χ4v) is 2.66. The molecule has 0 bridgehead atoms. The van der Waals surface area contributed by atoms with E-state index in [1.54, 1.807) is 0 Å². The highest BCUT2D eigenvalue weighted by Gasteiger charge is 2.15. The number of ether oxygens (including phenoxy) is 1. The van der Waals surface area contributed by atoms with Crippen LogP contribution in [0.5, 0.6) is 0 Å². The predicted octanol–water partition coefficient (Wildman–Crippen LogP) is 2.85. The number of nitrogens with zero attached hydrogens (tertiary/aromatic N) is 1. The van der Waals surface area contributed by atoms with Gasteiger partial charge in [0.25, 0.3) is 0 Å². The number of hydrogen-bond donors (Lipinski definition) is 2. The first-order chi connectivity index (χ1) is 12.1. The van der Waals surface area contributed by atoms with Gasteiger partial charge in [-0.3, -0.25) is 4.79 Å². The van der Waals surface area contributed by atoms with Crippen LogP contribution in [0.15, 0.2) is 42.5 Å². The molecule has 1 aliphatic rings. The molecule has 1 fully saturated rings. The average molecular weight is 347 g/mol. The molecule has 0 aromatic heterocycles. The molecule has 2 aromatic carbocycles. The molecular weight excluding hydrogens is 328 g/mol. The Morgan fingerprint density at radius 1 is 1.08 bits per heavy atom. The Morgan fingerprint density at radius 3 is 2.60 bits per heavy atom. The summed E-state index contributed by atoms with van der Waals surface area (Å²) in [5.74, 6) is -2.29. The first kappa shape index (κ1) is 17.2. The zero-order chi connectivity index (χ0) is 17.6. The molecule has 7 heteroatoms. The SMILES string of the molecule is O=C(CNc1ccccc1N1CCOCC1)Nc1ccc(F)c(F)c1. The first-order valence-electron chi connectivity index (χ1n) is 8.04. The Labute approximate surface area is 144 Å². The van der Waals surface area contributed by atoms with Crippen molar-refractivity contribution < 1.29 is 18.3 Å². The number of benzene rings is 2. The fourth-order valence-electron chi connectivity index (χ4n) is 2.66. The van der Waals surface area contributed by atoms with Crippen LogP contribution >= 0.6 is 0 Å². The second-order valence-electron chi connectivity index (χ2n) is 5.65. The summed E-state index contributed by atoms with van der Waals surface area (Å²) in [4.78, 5) is 14.2. The Kier molecular flexibility index (Phi) is 5.45. The van der Waals surface area contributed by atoms with E-state index >= 15 is 0 Å². The van der Waals surface area contributed by atoms with Crippen LogP contribution in [0.25, 0.3) is 0 Å². The molecule has 0 unspecified atom stereocenters. The highest BCUT2D eigenvalue weighted by molar-refractivity contribution is 5.94. The Balaban J connectivity index is 1.61. The minimum absolute atomic E-state index is 0.0142. The van der Waals surface area contributed by atoms with Crippen molar-refractivity contribution in [1.29, 1.82) is 0 Å². The van der Waals surface area contributed by atoms with E-state index in [4.69, 9.17) is 4.74 Å². The smallest absolute Gasteiger partial charge is 0.243 e. The van der Waals surface area contributed by atoms with Gasteiger partial charge in [-0.25, -0.2) is 8.78 Å². The lowest BCUT2D eigenvalue weighted by molar-refractivity contribution is -0.114. The van der Waals surface area contributed by atoms with Crippen LogP contribution in [-0.2, 0) is 9.53 Å². The second-order valence-corrected chi connectivity index (χ2v) is 5.65. The van der Waals surface area contributed by atoms with Crippen molar-refractivity contribution in [2.75, 3.05) is 48.4 Å². The molecule has 0 saturated carbocycles. The van der Waals surface area contributed by atoms with Gasteiger partial charge in [-0.15, -0.1) is 0 Å². The number of anilines is 3. The Hall–Kier alpha value is -2.67. The van der Waals surface area contributed by atoms with E-state index in [1.165, 1.54) is 6.07 Å². The lowest BCUT2D eigenvalue weighted by Gasteiger charge is -2.30. The van der Waals surface area contributed by atoms with Crippen molar-refractivity contribution in [3.8, 4) is 0 Å². The normalized spacial score (nSPS) is 14.2. The number of amides is 1. The van der Waals surface area contributed by atoms with E-state index in [0.29, 0.717) is 13.2 Å². The third-order valence-corrected chi connectivity index (χ3v) is 3.90. The number of nitrogens with one attached hydrogen (secondary N) is 2. The third-order valence-electron chi connectivity index (χ3n) is 3.90.